The Bertz CT molecular complexity index is 896. The van der Waals surface area contributed by atoms with Crippen LogP contribution in [0.2, 0.25) is 0 Å². The molecule has 1 heterocycles. The van der Waals surface area contributed by atoms with Gasteiger partial charge in [-0.05, 0) is 50.2 Å². The standard InChI is InChI=1S/C20H21N3O3/c1-13-9-14(2)11-16(10-13)20(24)23(3)12-18-21-19(22-26-18)15-5-7-17(25-4)8-6-15/h5-11H,12H2,1-4H3. The second-order valence-corrected chi connectivity index (χ2v) is 6.28. The monoisotopic (exact) mass is 351 g/mol. The predicted molar refractivity (Wildman–Crippen MR) is 98.0 cm³/mol. The number of aromatic nitrogens is 2. The molecule has 0 saturated heterocycles. The Hall–Kier alpha value is -3.15. The lowest BCUT2D eigenvalue weighted by atomic mass is 10.1. The van der Waals surface area contributed by atoms with Crippen LogP contribution in [0.5, 0.6) is 5.75 Å². The SMILES string of the molecule is COc1ccc(-c2noc(CN(C)C(=O)c3cc(C)cc(C)c3)n2)cc1. The molecular formula is C20H21N3O3. The van der Waals surface area contributed by atoms with E-state index in [1.807, 2.05) is 56.3 Å². The number of carbonyl (C=O) groups excluding carboxylic acids is 1. The highest BCUT2D eigenvalue weighted by atomic mass is 16.5. The lowest BCUT2D eigenvalue weighted by molar-refractivity contribution is 0.0769. The highest BCUT2D eigenvalue weighted by molar-refractivity contribution is 5.94. The van der Waals surface area contributed by atoms with Gasteiger partial charge in [0.15, 0.2) is 0 Å². The minimum Gasteiger partial charge on any atom is -0.497 e. The van der Waals surface area contributed by atoms with Crippen molar-refractivity contribution in [2.75, 3.05) is 14.2 Å². The van der Waals surface area contributed by atoms with Crippen molar-refractivity contribution >= 4 is 5.91 Å². The molecule has 0 spiro atoms. The summed E-state index contributed by atoms with van der Waals surface area (Å²) in [4.78, 5) is 18.6. The summed E-state index contributed by atoms with van der Waals surface area (Å²) in [5.41, 5.74) is 3.59. The van der Waals surface area contributed by atoms with Crippen LogP contribution in [-0.4, -0.2) is 35.1 Å². The fraction of sp³-hybridized carbons (Fsp3) is 0.250. The molecule has 2 aromatic carbocycles. The van der Waals surface area contributed by atoms with Crippen molar-refractivity contribution in [1.29, 1.82) is 0 Å². The van der Waals surface area contributed by atoms with Crippen LogP contribution < -0.4 is 4.74 Å². The Morgan fingerprint density at radius 2 is 1.77 bits per heavy atom. The van der Waals surface area contributed by atoms with E-state index in [0.717, 1.165) is 22.4 Å². The smallest absolute Gasteiger partial charge is 0.254 e. The topological polar surface area (TPSA) is 68.5 Å². The zero-order valence-corrected chi connectivity index (χ0v) is 15.3. The van der Waals surface area contributed by atoms with Gasteiger partial charge in [-0.25, -0.2) is 0 Å². The summed E-state index contributed by atoms with van der Waals surface area (Å²) >= 11 is 0. The molecule has 3 rings (SSSR count). The second-order valence-electron chi connectivity index (χ2n) is 6.28. The average molecular weight is 351 g/mol. The van der Waals surface area contributed by atoms with E-state index in [0.29, 0.717) is 17.3 Å². The minimum absolute atomic E-state index is 0.0824. The third kappa shape index (κ3) is 3.91. The lowest BCUT2D eigenvalue weighted by Crippen LogP contribution is -2.26. The van der Waals surface area contributed by atoms with Crippen LogP contribution in [0.3, 0.4) is 0 Å². The molecule has 0 saturated carbocycles. The molecule has 0 atom stereocenters. The number of hydrogen-bond acceptors (Lipinski definition) is 5. The molecule has 6 nitrogen and oxygen atoms in total. The van der Waals surface area contributed by atoms with Gasteiger partial charge in [-0.3, -0.25) is 4.79 Å². The maximum absolute atomic E-state index is 12.6. The van der Waals surface area contributed by atoms with Gasteiger partial charge in [0.2, 0.25) is 11.7 Å². The van der Waals surface area contributed by atoms with E-state index in [9.17, 15) is 4.79 Å². The van der Waals surface area contributed by atoms with Crippen molar-refractivity contribution < 1.29 is 14.1 Å². The van der Waals surface area contributed by atoms with Crippen LogP contribution in [-0.2, 0) is 6.54 Å². The Kier molecular flexibility index (Phi) is 5.02. The first-order chi connectivity index (χ1) is 12.5. The Balaban J connectivity index is 1.72. The molecular weight excluding hydrogens is 330 g/mol. The van der Waals surface area contributed by atoms with E-state index in [1.54, 1.807) is 19.1 Å². The normalized spacial score (nSPS) is 10.6. The van der Waals surface area contributed by atoms with Crippen LogP contribution in [0.15, 0.2) is 47.0 Å². The number of rotatable bonds is 5. The number of carbonyl (C=O) groups is 1. The van der Waals surface area contributed by atoms with E-state index in [2.05, 4.69) is 10.1 Å². The van der Waals surface area contributed by atoms with E-state index in [-0.39, 0.29) is 12.5 Å². The van der Waals surface area contributed by atoms with Gasteiger partial charge in [-0.1, -0.05) is 22.3 Å². The summed E-state index contributed by atoms with van der Waals surface area (Å²) < 4.78 is 10.4. The van der Waals surface area contributed by atoms with Crippen molar-refractivity contribution in [2.45, 2.75) is 20.4 Å². The van der Waals surface area contributed by atoms with Crippen molar-refractivity contribution in [3.8, 4) is 17.1 Å². The molecule has 1 aromatic heterocycles. The molecule has 3 aromatic rings. The van der Waals surface area contributed by atoms with Gasteiger partial charge in [-0.2, -0.15) is 4.98 Å². The summed E-state index contributed by atoms with van der Waals surface area (Å²) in [6.45, 7) is 4.20. The molecule has 26 heavy (non-hydrogen) atoms. The summed E-state index contributed by atoms with van der Waals surface area (Å²) in [6, 6.07) is 13.2. The van der Waals surface area contributed by atoms with Crippen molar-refractivity contribution in [2.24, 2.45) is 0 Å². The fourth-order valence-electron chi connectivity index (χ4n) is 2.77. The molecule has 0 aliphatic rings. The van der Waals surface area contributed by atoms with Gasteiger partial charge in [0, 0.05) is 18.2 Å². The van der Waals surface area contributed by atoms with E-state index >= 15 is 0 Å². The molecule has 0 aliphatic heterocycles. The Morgan fingerprint density at radius 1 is 1.12 bits per heavy atom. The van der Waals surface area contributed by atoms with Crippen molar-refractivity contribution in [3.05, 3.63) is 65.0 Å². The van der Waals surface area contributed by atoms with Crippen molar-refractivity contribution in [3.63, 3.8) is 0 Å². The maximum atomic E-state index is 12.6. The van der Waals surface area contributed by atoms with Gasteiger partial charge in [0.25, 0.3) is 5.91 Å². The van der Waals surface area contributed by atoms with E-state index in [1.165, 1.54) is 0 Å². The lowest BCUT2D eigenvalue weighted by Gasteiger charge is -2.15. The Morgan fingerprint density at radius 3 is 2.38 bits per heavy atom. The third-order valence-electron chi connectivity index (χ3n) is 4.00. The first-order valence-electron chi connectivity index (χ1n) is 8.27. The number of nitrogens with zero attached hydrogens (tertiary/aromatic N) is 3. The Labute approximate surface area is 152 Å². The van der Waals surface area contributed by atoms with Crippen LogP contribution in [0.25, 0.3) is 11.4 Å². The van der Waals surface area contributed by atoms with E-state index < -0.39 is 0 Å². The largest absolute Gasteiger partial charge is 0.497 e. The number of aryl methyl sites for hydroxylation is 2. The van der Waals surface area contributed by atoms with Crippen LogP contribution in [0.4, 0.5) is 0 Å². The van der Waals surface area contributed by atoms with Crippen LogP contribution >= 0.6 is 0 Å². The molecule has 0 bridgehead atoms. The molecule has 1 amide bonds. The van der Waals surface area contributed by atoms with Gasteiger partial charge < -0.3 is 14.2 Å². The summed E-state index contributed by atoms with van der Waals surface area (Å²) in [5.74, 6) is 1.54. The van der Waals surface area contributed by atoms with Gasteiger partial charge in [0.05, 0.1) is 13.7 Å². The first-order valence-corrected chi connectivity index (χ1v) is 8.27. The summed E-state index contributed by atoms with van der Waals surface area (Å²) in [5, 5.41) is 3.99. The average Bonchev–Trinajstić information content (AvgIpc) is 3.08. The van der Waals surface area contributed by atoms with Crippen molar-refractivity contribution in [1.82, 2.24) is 15.0 Å². The number of methoxy groups -OCH3 is 1. The number of amides is 1. The third-order valence-corrected chi connectivity index (χ3v) is 4.00. The predicted octanol–water partition coefficient (Wildman–Crippen LogP) is 3.63. The zero-order valence-electron chi connectivity index (χ0n) is 15.3. The molecule has 134 valence electrons. The number of hydrogen-bond donors (Lipinski definition) is 0. The highest BCUT2D eigenvalue weighted by Gasteiger charge is 2.16. The second kappa shape index (κ2) is 7.39. The molecule has 0 N–H and O–H groups in total. The van der Waals surface area contributed by atoms with Gasteiger partial charge in [0.1, 0.15) is 5.75 Å². The highest BCUT2D eigenvalue weighted by Crippen LogP contribution is 2.20. The van der Waals surface area contributed by atoms with Gasteiger partial charge in [-0.15, -0.1) is 0 Å². The van der Waals surface area contributed by atoms with Crippen LogP contribution in [0, 0.1) is 13.8 Å². The molecule has 6 heteroatoms. The summed E-state index contributed by atoms with van der Waals surface area (Å²) in [6.07, 6.45) is 0. The van der Waals surface area contributed by atoms with Crippen LogP contribution in [0.1, 0.15) is 27.4 Å². The maximum Gasteiger partial charge on any atom is 0.254 e. The quantitative estimate of drug-likeness (QED) is 0.702. The molecule has 0 radical (unpaired) electrons. The number of benzene rings is 2. The molecule has 0 fully saturated rings. The first kappa shape index (κ1) is 17.7. The number of ether oxygens (including phenoxy) is 1. The molecule has 0 aliphatic carbocycles. The minimum atomic E-state index is -0.0824. The molecule has 0 unspecified atom stereocenters. The van der Waals surface area contributed by atoms with Gasteiger partial charge >= 0.3 is 0 Å². The van der Waals surface area contributed by atoms with E-state index in [4.69, 9.17) is 9.26 Å². The fourth-order valence-corrected chi connectivity index (χ4v) is 2.77. The summed E-state index contributed by atoms with van der Waals surface area (Å²) in [7, 11) is 3.33. The zero-order chi connectivity index (χ0) is 18.7.